The molecule has 1 aromatic carbocycles. The highest BCUT2D eigenvalue weighted by Crippen LogP contribution is 2.41. The number of piperazine rings is 1. The summed E-state index contributed by atoms with van der Waals surface area (Å²) in [5.74, 6) is 0.653. The number of nitro groups is 1. The number of benzene rings is 1. The first-order valence-corrected chi connectivity index (χ1v) is 12.5. The highest BCUT2D eigenvalue weighted by molar-refractivity contribution is 7.22. The molecular weight excluding hydrogens is 483 g/mol. The van der Waals surface area contributed by atoms with E-state index in [-0.39, 0.29) is 10.1 Å². The van der Waals surface area contributed by atoms with Crippen LogP contribution in [0.15, 0.2) is 16.9 Å². The summed E-state index contributed by atoms with van der Waals surface area (Å²) in [5.41, 5.74) is -2.55. The van der Waals surface area contributed by atoms with Crippen LogP contribution in [0.1, 0.15) is 45.6 Å². The summed E-state index contributed by atoms with van der Waals surface area (Å²) in [6, 6.07) is 1.58. The number of alkyl halides is 3. The molecule has 4 rings (SSSR count). The molecule has 1 aliphatic carbocycles. The van der Waals surface area contributed by atoms with Gasteiger partial charge in [-0.2, -0.15) is 18.2 Å². The quantitative estimate of drug-likeness (QED) is 0.430. The maximum atomic E-state index is 13.2. The highest BCUT2D eigenvalue weighted by Gasteiger charge is 2.37. The molecule has 35 heavy (non-hydrogen) atoms. The minimum atomic E-state index is -4.80. The lowest BCUT2D eigenvalue weighted by Gasteiger charge is -2.48. The number of hydrogen-bond acceptors (Lipinski definition) is 8. The molecule has 0 radical (unpaired) electrons. The summed E-state index contributed by atoms with van der Waals surface area (Å²) < 4.78 is 39.5. The maximum absolute atomic E-state index is 13.2. The first-order chi connectivity index (χ1) is 16.2. The van der Waals surface area contributed by atoms with Crippen molar-refractivity contribution in [3.05, 3.63) is 38.2 Å². The van der Waals surface area contributed by atoms with Gasteiger partial charge in [-0.15, -0.1) is 0 Å². The maximum Gasteiger partial charge on any atom is 0.416 e. The second kappa shape index (κ2) is 9.29. The minimum Gasteiger partial charge on any atom is -0.345 e. The van der Waals surface area contributed by atoms with Crippen molar-refractivity contribution >= 4 is 32.2 Å². The van der Waals surface area contributed by atoms with E-state index in [0.717, 1.165) is 24.2 Å². The lowest BCUT2D eigenvalue weighted by Crippen LogP contribution is -2.57. The van der Waals surface area contributed by atoms with E-state index in [1.807, 2.05) is 4.90 Å². The number of rotatable bonds is 4. The molecule has 8 nitrogen and oxygen atoms in total. The summed E-state index contributed by atoms with van der Waals surface area (Å²) >= 11 is 0.893. The molecule has 1 aromatic heterocycles. The number of nitrogens with zero attached hydrogens (tertiary/aromatic N) is 5. The number of hydrogen-bond donors (Lipinski definition) is 0. The van der Waals surface area contributed by atoms with E-state index in [0.29, 0.717) is 60.8 Å². The van der Waals surface area contributed by atoms with Crippen LogP contribution in [0.2, 0.25) is 0 Å². The molecule has 2 heterocycles. The lowest BCUT2D eigenvalue weighted by molar-refractivity contribution is -0.383. The van der Waals surface area contributed by atoms with Gasteiger partial charge < -0.3 is 4.90 Å². The van der Waals surface area contributed by atoms with Crippen molar-refractivity contribution in [2.24, 2.45) is 11.3 Å². The first-order valence-electron chi connectivity index (χ1n) is 11.7. The van der Waals surface area contributed by atoms with E-state index >= 15 is 0 Å². The topological polar surface area (TPSA) is 82.8 Å². The molecule has 0 amide bonds. The van der Waals surface area contributed by atoms with E-state index in [1.54, 1.807) is 0 Å². The van der Waals surface area contributed by atoms with Gasteiger partial charge in [-0.3, -0.25) is 14.9 Å². The Labute approximate surface area is 205 Å². The molecule has 1 aliphatic heterocycles. The minimum absolute atomic E-state index is 0.0871. The molecule has 0 N–H and O–H groups in total. The van der Waals surface area contributed by atoms with Crippen LogP contribution in [0, 0.1) is 21.4 Å². The average Bonchev–Trinajstić information content (AvgIpc) is 2.76. The van der Waals surface area contributed by atoms with Gasteiger partial charge in [0.2, 0.25) is 0 Å². The van der Waals surface area contributed by atoms with Crippen molar-refractivity contribution in [1.82, 2.24) is 15.0 Å². The predicted octanol–water partition coefficient (Wildman–Crippen LogP) is 4.77. The molecule has 2 unspecified atom stereocenters. The number of halogens is 3. The number of anilines is 1. The number of aromatic nitrogens is 1. The Morgan fingerprint density at radius 1 is 1.20 bits per heavy atom. The summed E-state index contributed by atoms with van der Waals surface area (Å²) in [6.07, 6.45) is -1.33. The highest BCUT2D eigenvalue weighted by atomic mass is 32.1. The van der Waals surface area contributed by atoms with Crippen LogP contribution in [0.4, 0.5) is 24.0 Å². The Hall–Kier alpha value is -2.31. The van der Waals surface area contributed by atoms with Crippen molar-refractivity contribution in [3.8, 4) is 0 Å². The van der Waals surface area contributed by atoms with E-state index < -0.39 is 27.9 Å². The second-order valence-corrected chi connectivity index (χ2v) is 11.5. The van der Waals surface area contributed by atoms with Crippen LogP contribution in [0.3, 0.4) is 0 Å². The molecule has 12 heteroatoms. The average molecular weight is 514 g/mol. The Kier molecular flexibility index (Phi) is 6.84. The molecule has 192 valence electrons. The standard InChI is InChI=1S/C23H30F3N5O3S/c1-14-9-16(13-22(2,3)12-14)28(4)30-7-5-29(6-8-30)21-27-20(32)17-10-15(23(24,25)26)11-18(31(33)34)19(17)35-21/h10-11,14,16H,5-9,12-13H2,1-4H3. The molecule has 2 atom stereocenters. The summed E-state index contributed by atoms with van der Waals surface area (Å²) in [5, 5.41) is 16.1. The third kappa shape index (κ3) is 5.44. The first kappa shape index (κ1) is 25.8. The molecular formula is C23H30F3N5O3S. The molecule has 2 aliphatic rings. The van der Waals surface area contributed by atoms with Crippen LogP contribution in [0.25, 0.3) is 10.1 Å². The molecule has 0 bridgehead atoms. The predicted molar refractivity (Wildman–Crippen MR) is 130 cm³/mol. The van der Waals surface area contributed by atoms with Crippen molar-refractivity contribution in [3.63, 3.8) is 0 Å². The third-order valence-electron chi connectivity index (χ3n) is 7.08. The number of non-ortho nitro benzene ring substituents is 1. The van der Waals surface area contributed by atoms with Crippen LogP contribution >= 0.6 is 11.3 Å². The van der Waals surface area contributed by atoms with Gasteiger partial charge in [-0.25, -0.2) is 10.0 Å². The van der Waals surface area contributed by atoms with Gasteiger partial charge in [0.25, 0.3) is 11.2 Å². The fraction of sp³-hybridized carbons (Fsp3) is 0.652. The van der Waals surface area contributed by atoms with Crippen molar-refractivity contribution in [2.45, 2.75) is 52.3 Å². The summed E-state index contributed by atoms with van der Waals surface area (Å²) in [7, 11) is 2.11. The van der Waals surface area contributed by atoms with Gasteiger partial charge in [0.15, 0.2) is 5.13 Å². The van der Waals surface area contributed by atoms with Gasteiger partial charge in [-0.1, -0.05) is 32.1 Å². The van der Waals surface area contributed by atoms with Gasteiger partial charge in [0.05, 0.1) is 15.9 Å². The smallest absolute Gasteiger partial charge is 0.345 e. The van der Waals surface area contributed by atoms with Crippen LogP contribution in [0.5, 0.6) is 0 Å². The fourth-order valence-corrected chi connectivity index (χ4v) is 6.71. The molecule has 0 spiro atoms. The number of hydrazine groups is 1. The van der Waals surface area contributed by atoms with E-state index in [9.17, 15) is 28.1 Å². The van der Waals surface area contributed by atoms with Crippen molar-refractivity contribution < 1.29 is 18.1 Å². The van der Waals surface area contributed by atoms with Gasteiger partial charge in [0.1, 0.15) is 4.70 Å². The monoisotopic (exact) mass is 513 g/mol. The normalized spacial score (nSPS) is 23.7. The third-order valence-corrected chi connectivity index (χ3v) is 8.24. The van der Waals surface area contributed by atoms with Crippen LogP contribution in [-0.2, 0) is 6.18 Å². The van der Waals surface area contributed by atoms with Gasteiger partial charge in [0, 0.05) is 45.3 Å². The number of fused-ring (bicyclic) bond motifs is 1. The Morgan fingerprint density at radius 2 is 1.86 bits per heavy atom. The Bertz CT molecular complexity index is 1180. The largest absolute Gasteiger partial charge is 0.416 e. The van der Waals surface area contributed by atoms with Crippen LogP contribution < -0.4 is 10.5 Å². The zero-order chi connectivity index (χ0) is 25.7. The molecule has 2 fully saturated rings. The van der Waals surface area contributed by atoms with Gasteiger partial charge >= 0.3 is 6.18 Å². The fourth-order valence-electron chi connectivity index (χ4n) is 5.59. The molecule has 1 saturated heterocycles. The number of nitro benzene ring substituents is 1. The van der Waals surface area contributed by atoms with Gasteiger partial charge in [-0.05, 0) is 36.7 Å². The lowest BCUT2D eigenvalue weighted by atomic mass is 9.70. The van der Waals surface area contributed by atoms with Crippen LogP contribution in [-0.4, -0.2) is 59.2 Å². The second-order valence-electron chi connectivity index (χ2n) is 10.5. The molecule has 1 saturated carbocycles. The van der Waals surface area contributed by atoms with E-state index in [1.165, 1.54) is 6.42 Å². The zero-order valence-electron chi connectivity index (χ0n) is 20.3. The summed E-state index contributed by atoms with van der Waals surface area (Å²) in [4.78, 5) is 29.2. The Balaban J connectivity index is 1.55. The van der Waals surface area contributed by atoms with E-state index in [2.05, 4.69) is 42.8 Å². The van der Waals surface area contributed by atoms with Crippen molar-refractivity contribution in [2.75, 3.05) is 38.1 Å². The van der Waals surface area contributed by atoms with Crippen molar-refractivity contribution in [1.29, 1.82) is 0 Å². The molecule has 2 aromatic rings. The SMILES string of the molecule is CC1CC(N(C)N2CCN(c3nc(=O)c4cc(C(F)(F)F)cc([N+](=O)[O-])c4s3)CC2)CC(C)(C)C1. The van der Waals surface area contributed by atoms with E-state index in [4.69, 9.17) is 0 Å². The Morgan fingerprint density at radius 3 is 2.43 bits per heavy atom. The zero-order valence-corrected chi connectivity index (χ0v) is 21.1. The summed E-state index contributed by atoms with van der Waals surface area (Å²) in [6.45, 7) is 9.41.